The second-order valence-electron chi connectivity index (χ2n) is 9.16. The van der Waals surface area contributed by atoms with Crippen molar-refractivity contribution in [1.82, 2.24) is 25.3 Å². The molecule has 1 spiro atoms. The van der Waals surface area contributed by atoms with Crippen molar-refractivity contribution < 1.29 is 9.59 Å². The molecule has 2 aromatic carbocycles. The summed E-state index contributed by atoms with van der Waals surface area (Å²) in [6.45, 7) is 3.23. The van der Waals surface area contributed by atoms with E-state index in [1.807, 2.05) is 70.2 Å². The Bertz CT molecular complexity index is 1150. The molecule has 2 fully saturated rings. The summed E-state index contributed by atoms with van der Waals surface area (Å²) in [6, 6.07) is 19.6. The lowest BCUT2D eigenvalue weighted by atomic mass is 9.96. The maximum Gasteiger partial charge on any atom is 0.260 e. The molecular weight excluding hydrogens is 426 g/mol. The zero-order chi connectivity index (χ0) is 23.5. The van der Waals surface area contributed by atoms with Crippen molar-refractivity contribution in [2.45, 2.75) is 50.7 Å². The Labute approximate surface area is 200 Å². The van der Waals surface area contributed by atoms with Gasteiger partial charge < -0.3 is 4.90 Å². The molecule has 2 aliphatic heterocycles. The number of carbonyl (C=O) groups excluding carboxylic acids is 2. The number of aromatic nitrogens is 2. The standard InChI is InChI=1S/C27H30N5O2/c1-2-9-24-22(19-28-32(24)21-12-7-4-8-13-21)26(34)31-16-14-27(15-17-31)29-23(25(33)30-27)18-20-10-5-3-6-11-20/h3-8,10-13,19,23,29H,2,9,14-18H2,1H3. The van der Waals surface area contributed by atoms with Gasteiger partial charge in [0.1, 0.15) is 5.66 Å². The minimum atomic E-state index is -0.562. The highest BCUT2D eigenvalue weighted by molar-refractivity contribution is 5.95. The van der Waals surface area contributed by atoms with Crippen LogP contribution in [-0.2, 0) is 17.6 Å². The van der Waals surface area contributed by atoms with Gasteiger partial charge in [0.2, 0.25) is 0 Å². The fourth-order valence-electron chi connectivity index (χ4n) is 5.02. The van der Waals surface area contributed by atoms with Gasteiger partial charge in [0, 0.05) is 25.9 Å². The number of benzene rings is 2. The number of amides is 2. The number of nitrogens with one attached hydrogen (secondary N) is 1. The van der Waals surface area contributed by atoms with E-state index < -0.39 is 5.66 Å². The van der Waals surface area contributed by atoms with Gasteiger partial charge in [-0.15, -0.1) is 0 Å². The van der Waals surface area contributed by atoms with E-state index in [-0.39, 0.29) is 17.9 Å². The van der Waals surface area contributed by atoms with Gasteiger partial charge >= 0.3 is 0 Å². The first kappa shape index (κ1) is 22.3. The highest BCUT2D eigenvalue weighted by atomic mass is 16.2. The lowest BCUT2D eigenvalue weighted by Crippen LogP contribution is -2.56. The molecule has 0 saturated carbocycles. The molecule has 7 heteroatoms. The number of hydrogen-bond donors (Lipinski definition) is 1. The monoisotopic (exact) mass is 456 g/mol. The Hall–Kier alpha value is -3.45. The van der Waals surface area contributed by atoms with Crippen molar-refractivity contribution in [2.24, 2.45) is 0 Å². The minimum Gasteiger partial charge on any atom is -0.338 e. The number of nitrogens with zero attached hydrogens (tertiary/aromatic N) is 4. The number of carbonyl (C=O) groups is 2. The molecule has 0 aliphatic carbocycles. The predicted octanol–water partition coefficient (Wildman–Crippen LogP) is 3.10. The average Bonchev–Trinajstić information content (AvgIpc) is 3.41. The van der Waals surface area contributed by atoms with Crippen molar-refractivity contribution in [3.8, 4) is 5.69 Å². The largest absolute Gasteiger partial charge is 0.338 e. The molecule has 3 heterocycles. The van der Waals surface area contributed by atoms with E-state index in [1.54, 1.807) is 6.20 Å². The molecule has 5 rings (SSSR count). The molecule has 3 aromatic rings. The van der Waals surface area contributed by atoms with Crippen LogP contribution in [0.3, 0.4) is 0 Å². The van der Waals surface area contributed by atoms with Gasteiger partial charge in [-0.1, -0.05) is 61.9 Å². The maximum absolute atomic E-state index is 13.5. The first-order valence-electron chi connectivity index (χ1n) is 12.1. The molecule has 1 unspecified atom stereocenters. The SMILES string of the molecule is CCCc1c(C(=O)N2CCC3(CC2)[N]C(=O)C(Cc2ccccc2)N3)cnn1-c1ccccc1. The fraction of sp³-hybridized carbons (Fsp3) is 0.370. The van der Waals surface area contributed by atoms with E-state index in [4.69, 9.17) is 0 Å². The van der Waals surface area contributed by atoms with E-state index in [0.717, 1.165) is 29.8 Å². The Kier molecular flexibility index (Phi) is 6.20. The third-order valence-electron chi connectivity index (χ3n) is 6.81. The minimum absolute atomic E-state index is 0.00522. The summed E-state index contributed by atoms with van der Waals surface area (Å²) >= 11 is 0. The number of hydrogen-bond acceptors (Lipinski definition) is 4. The van der Waals surface area contributed by atoms with Gasteiger partial charge in [-0.25, -0.2) is 10.00 Å². The molecular formula is C27H30N5O2. The molecule has 7 nitrogen and oxygen atoms in total. The number of piperidine rings is 1. The third kappa shape index (κ3) is 4.35. The van der Waals surface area contributed by atoms with Crippen LogP contribution >= 0.6 is 0 Å². The highest BCUT2D eigenvalue weighted by Gasteiger charge is 2.47. The Balaban J connectivity index is 1.27. The lowest BCUT2D eigenvalue weighted by Gasteiger charge is -2.38. The highest BCUT2D eigenvalue weighted by Crippen LogP contribution is 2.28. The summed E-state index contributed by atoms with van der Waals surface area (Å²) in [7, 11) is 0. The van der Waals surface area contributed by atoms with Crippen LogP contribution < -0.4 is 10.6 Å². The summed E-state index contributed by atoms with van der Waals surface area (Å²) < 4.78 is 1.88. The van der Waals surface area contributed by atoms with Gasteiger partial charge in [-0.3, -0.25) is 14.9 Å². The molecule has 34 heavy (non-hydrogen) atoms. The van der Waals surface area contributed by atoms with Crippen LogP contribution in [0.5, 0.6) is 0 Å². The normalized spacial score (nSPS) is 19.4. The van der Waals surface area contributed by atoms with Crippen molar-refractivity contribution in [2.75, 3.05) is 13.1 Å². The fourth-order valence-corrected chi connectivity index (χ4v) is 5.02. The van der Waals surface area contributed by atoms with E-state index in [9.17, 15) is 9.59 Å². The quantitative estimate of drug-likeness (QED) is 0.618. The van der Waals surface area contributed by atoms with Crippen LogP contribution in [0.1, 0.15) is 47.8 Å². The second kappa shape index (κ2) is 9.43. The molecule has 1 aromatic heterocycles. The van der Waals surface area contributed by atoms with Crippen LogP contribution in [0, 0.1) is 0 Å². The molecule has 2 aliphatic rings. The predicted molar refractivity (Wildman–Crippen MR) is 130 cm³/mol. The van der Waals surface area contributed by atoms with Crippen LogP contribution in [0.15, 0.2) is 66.9 Å². The van der Waals surface area contributed by atoms with Crippen LogP contribution in [0.2, 0.25) is 0 Å². The molecule has 1 N–H and O–H groups in total. The second-order valence-corrected chi connectivity index (χ2v) is 9.16. The summed E-state index contributed by atoms with van der Waals surface area (Å²) in [4.78, 5) is 28.0. The van der Waals surface area contributed by atoms with Gasteiger partial charge in [0.25, 0.3) is 11.8 Å². The summed E-state index contributed by atoms with van der Waals surface area (Å²) in [5.74, 6) is -0.0800. The van der Waals surface area contributed by atoms with Gasteiger partial charge in [-0.2, -0.15) is 5.10 Å². The molecule has 175 valence electrons. The maximum atomic E-state index is 13.5. The molecule has 2 amide bonds. The van der Waals surface area contributed by atoms with E-state index in [1.165, 1.54) is 0 Å². The Morgan fingerprint density at radius 3 is 2.41 bits per heavy atom. The molecule has 1 radical (unpaired) electrons. The van der Waals surface area contributed by atoms with Crippen molar-refractivity contribution in [3.05, 3.63) is 83.7 Å². The average molecular weight is 457 g/mol. The van der Waals surface area contributed by atoms with Crippen LogP contribution in [0.4, 0.5) is 0 Å². The van der Waals surface area contributed by atoms with Crippen molar-refractivity contribution in [1.29, 1.82) is 0 Å². The molecule has 2 saturated heterocycles. The van der Waals surface area contributed by atoms with Crippen LogP contribution in [0.25, 0.3) is 5.69 Å². The number of likely N-dealkylation sites (tertiary alicyclic amines) is 1. The van der Waals surface area contributed by atoms with Crippen molar-refractivity contribution in [3.63, 3.8) is 0 Å². The van der Waals surface area contributed by atoms with Crippen molar-refractivity contribution >= 4 is 11.8 Å². The first-order chi connectivity index (χ1) is 16.6. The summed E-state index contributed by atoms with van der Waals surface area (Å²) in [6.07, 6.45) is 5.29. The summed E-state index contributed by atoms with van der Waals surface area (Å²) in [5, 5.41) is 12.5. The third-order valence-corrected chi connectivity index (χ3v) is 6.81. The number of para-hydroxylation sites is 1. The van der Waals surface area contributed by atoms with Gasteiger partial charge in [-0.05, 0) is 30.5 Å². The van der Waals surface area contributed by atoms with Gasteiger partial charge in [0.05, 0.1) is 29.2 Å². The Morgan fingerprint density at radius 1 is 1.06 bits per heavy atom. The lowest BCUT2D eigenvalue weighted by molar-refractivity contribution is -0.121. The number of rotatable bonds is 6. The molecule has 1 atom stereocenters. The van der Waals surface area contributed by atoms with E-state index in [0.29, 0.717) is 37.9 Å². The topological polar surface area (TPSA) is 81.3 Å². The van der Waals surface area contributed by atoms with E-state index >= 15 is 0 Å². The smallest absolute Gasteiger partial charge is 0.260 e. The first-order valence-corrected chi connectivity index (χ1v) is 12.1. The zero-order valence-electron chi connectivity index (χ0n) is 19.5. The van der Waals surface area contributed by atoms with Gasteiger partial charge in [0.15, 0.2) is 0 Å². The van der Waals surface area contributed by atoms with E-state index in [2.05, 4.69) is 22.7 Å². The van der Waals surface area contributed by atoms with Crippen LogP contribution in [-0.4, -0.2) is 51.3 Å². The zero-order valence-corrected chi connectivity index (χ0v) is 19.5. The summed E-state index contributed by atoms with van der Waals surface area (Å²) in [5.41, 5.74) is 3.12. The Morgan fingerprint density at radius 2 is 1.74 bits per heavy atom. The molecule has 0 bridgehead atoms.